The Labute approximate surface area is 143 Å². The van der Waals surface area contributed by atoms with Crippen molar-refractivity contribution < 1.29 is 8.42 Å². The molecule has 2 heterocycles. The van der Waals surface area contributed by atoms with Gasteiger partial charge in [0.2, 0.25) is 10.0 Å². The van der Waals surface area contributed by atoms with Gasteiger partial charge in [0.1, 0.15) is 0 Å². The molecule has 0 spiro atoms. The number of benzene rings is 1. The summed E-state index contributed by atoms with van der Waals surface area (Å²) in [5.74, 6) is 0. The molecule has 1 aromatic heterocycles. The molecule has 1 atom stereocenters. The third kappa shape index (κ3) is 3.50. The van der Waals surface area contributed by atoms with Gasteiger partial charge in [-0.25, -0.2) is 8.42 Å². The number of hydrogen-bond acceptors (Lipinski definition) is 4. The Kier molecular flexibility index (Phi) is 5.62. The maximum absolute atomic E-state index is 13.1. The zero-order valence-electron chi connectivity index (χ0n) is 13.3. The van der Waals surface area contributed by atoms with Gasteiger partial charge in [0.15, 0.2) is 0 Å². The highest BCUT2D eigenvalue weighted by atomic mass is 35.5. The van der Waals surface area contributed by atoms with Gasteiger partial charge in [0.25, 0.3) is 0 Å². The van der Waals surface area contributed by atoms with Crippen molar-refractivity contribution in [3.63, 3.8) is 0 Å². The number of sulfonamides is 1. The van der Waals surface area contributed by atoms with Crippen LogP contribution in [0.5, 0.6) is 0 Å². The highest BCUT2D eigenvalue weighted by Gasteiger charge is 2.28. The zero-order chi connectivity index (χ0) is 15.7. The van der Waals surface area contributed by atoms with E-state index in [2.05, 4.69) is 17.2 Å². The maximum atomic E-state index is 13.1. The van der Waals surface area contributed by atoms with E-state index in [4.69, 9.17) is 0 Å². The fraction of sp³-hybridized carbons (Fsp3) is 0.438. The van der Waals surface area contributed by atoms with Crippen LogP contribution in [0.25, 0.3) is 10.8 Å². The lowest BCUT2D eigenvalue weighted by Gasteiger charge is -2.21. The van der Waals surface area contributed by atoms with Gasteiger partial charge in [-0.2, -0.15) is 4.31 Å². The molecule has 2 aromatic rings. The maximum Gasteiger partial charge on any atom is 0.243 e. The normalized spacial score (nSPS) is 20.0. The summed E-state index contributed by atoms with van der Waals surface area (Å²) in [7, 11) is -3.49. The van der Waals surface area contributed by atoms with Crippen LogP contribution in [-0.4, -0.2) is 43.4 Å². The number of nitrogens with zero attached hydrogens (tertiary/aromatic N) is 2. The largest absolute Gasteiger partial charge is 0.313 e. The van der Waals surface area contributed by atoms with Crippen molar-refractivity contribution in [2.45, 2.75) is 31.2 Å². The predicted octanol–water partition coefficient (Wildman–Crippen LogP) is 2.34. The minimum absolute atomic E-state index is 0. The third-order valence-electron chi connectivity index (χ3n) is 4.22. The van der Waals surface area contributed by atoms with Crippen LogP contribution < -0.4 is 5.32 Å². The SMILES string of the molecule is Cc1cncc2cccc(S(=O)(=O)N3CCNC(C)CC3)c12.Cl. The molecule has 1 aromatic carbocycles. The van der Waals surface area contributed by atoms with Gasteiger partial charge < -0.3 is 5.32 Å². The van der Waals surface area contributed by atoms with Crippen molar-refractivity contribution in [2.75, 3.05) is 19.6 Å². The summed E-state index contributed by atoms with van der Waals surface area (Å²) < 4.78 is 27.8. The summed E-state index contributed by atoms with van der Waals surface area (Å²) in [5.41, 5.74) is 0.887. The zero-order valence-corrected chi connectivity index (χ0v) is 15.0. The number of pyridine rings is 1. The van der Waals surface area contributed by atoms with E-state index in [-0.39, 0.29) is 12.4 Å². The highest BCUT2D eigenvalue weighted by molar-refractivity contribution is 7.89. The Bertz CT molecular complexity index is 790. The van der Waals surface area contributed by atoms with Crippen LogP contribution in [0.2, 0.25) is 0 Å². The van der Waals surface area contributed by atoms with Crippen LogP contribution in [0.1, 0.15) is 18.9 Å². The third-order valence-corrected chi connectivity index (χ3v) is 6.16. The molecule has 1 aliphatic heterocycles. The van der Waals surface area contributed by atoms with Gasteiger partial charge >= 0.3 is 0 Å². The molecular weight excluding hydrogens is 334 g/mol. The van der Waals surface area contributed by atoms with Crippen molar-refractivity contribution in [1.29, 1.82) is 0 Å². The van der Waals surface area contributed by atoms with E-state index in [0.717, 1.165) is 22.8 Å². The molecule has 5 nitrogen and oxygen atoms in total. The minimum Gasteiger partial charge on any atom is -0.313 e. The number of aryl methyl sites for hydroxylation is 1. The average molecular weight is 356 g/mol. The Morgan fingerprint density at radius 1 is 1.26 bits per heavy atom. The van der Waals surface area contributed by atoms with E-state index in [9.17, 15) is 8.42 Å². The number of nitrogens with one attached hydrogen (secondary N) is 1. The molecule has 126 valence electrons. The number of rotatable bonds is 2. The van der Waals surface area contributed by atoms with E-state index in [1.54, 1.807) is 28.8 Å². The number of fused-ring (bicyclic) bond motifs is 1. The van der Waals surface area contributed by atoms with Crippen LogP contribution in [0.15, 0.2) is 35.5 Å². The Morgan fingerprint density at radius 2 is 2.04 bits per heavy atom. The van der Waals surface area contributed by atoms with Gasteiger partial charge in [-0.1, -0.05) is 12.1 Å². The van der Waals surface area contributed by atoms with Gasteiger partial charge in [-0.3, -0.25) is 4.98 Å². The second-order valence-electron chi connectivity index (χ2n) is 5.86. The fourth-order valence-corrected chi connectivity index (χ4v) is 4.70. The first kappa shape index (κ1) is 18.1. The predicted molar refractivity (Wildman–Crippen MR) is 94.6 cm³/mol. The van der Waals surface area contributed by atoms with E-state index in [1.165, 1.54) is 0 Å². The summed E-state index contributed by atoms with van der Waals surface area (Å²) in [4.78, 5) is 4.54. The average Bonchev–Trinajstić information content (AvgIpc) is 2.72. The van der Waals surface area contributed by atoms with Crippen LogP contribution >= 0.6 is 12.4 Å². The first-order valence-corrected chi connectivity index (χ1v) is 9.01. The first-order valence-electron chi connectivity index (χ1n) is 7.57. The summed E-state index contributed by atoms with van der Waals surface area (Å²) in [6.45, 7) is 5.74. The van der Waals surface area contributed by atoms with Crippen molar-refractivity contribution in [1.82, 2.24) is 14.6 Å². The van der Waals surface area contributed by atoms with E-state index in [1.807, 2.05) is 13.0 Å². The highest BCUT2D eigenvalue weighted by Crippen LogP contribution is 2.28. The van der Waals surface area contributed by atoms with E-state index in [0.29, 0.717) is 30.6 Å². The van der Waals surface area contributed by atoms with Crippen LogP contribution in [0.3, 0.4) is 0 Å². The summed E-state index contributed by atoms with van der Waals surface area (Å²) in [5, 5.41) is 4.97. The quantitative estimate of drug-likeness (QED) is 0.898. The standard InChI is InChI=1S/C16H21N3O2S.ClH/c1-12-10-17-11-14-4-3-5-15(16(12)14)22(20,21)19-8-6-13(2)18-7-9-19;/h3-5,10-11,13,18H,6-9H2,1-2H3;1H. The van der Waals surface area contributed by atoms with Crippen molar-refractivity contribution >= 4 is 33.2 Å². The van der Waals surface area contributed by atoms with Gasteiger partial charge in [-0.15, -0.1) is 12.4 Å². The fourth-order valence-electron chi connectivity index (χ4n) is 2.95. The molecule has 1 N–H and O–H groups in total. The Balaban J connectivity index is 0.00000192. The molecule has 1 aliphatic rings. The van der Waals surface area contributed by atoms with Gasteiger partial charge in [0, 0.05) is 48.8 Å². The van der Waals surface area contributed by atoms with E-state index < -0.39 is 10.0 Å². The second kappa shape index (κ2) is 7.13. The molecule has 0 aliphatic carbocycles. The molecule has 0 radical (unpaired) electrons. The van der Waals surface area contributed by atoms with Crippen LogP contribution in [0.4, 0.5) is 0 Å². The smallest absolute Gasteiger partial charge is 0.243 e. The lowest BCUT2D eigenvalue weighted by molar-refractivity contribution is 0.429. The van der Waals surface area contributed by atoms with Gasteiger partial charge in [-0.05, 0) is 31.9 Å². The second-order valence-corrected chi connectivity index (χ2v) is 7.76. The topological polar surface area (TPSA) is 62.3 Å². The monoisotopic (exact) mass is 355 g/mol. The Hall–Kier alpha value is -1.21. The number of aromatic nitrogens is 1. The molecular formula is C16H22ClN3O2S. The molecule has 0 saturated carbocycles. The molecule has 1 fully saturated rings. The lowest BCUT2D eigenvalue weighted by Crippen LogP contribution is -2.34. The van der Waals surface area contributed by atoms with Crippen LogP contribution in [0, 0.1) is 6.92 Å². The summed E-state index contributed by atoms with van der Waals surface area (Å²) >= 11 is 0. The lowest BCUT2D eigenvalue weighted by atomic mass is 10.1. The molecule has 23 heavy (non-hydrogen) atoms. The molecule has 0 bridgehead atoms. The number of halogens is 1. The van der Waals surface area contributed by atoms with Crippen molar-refractivity contribution in [3.8, 4) is 0 Å². The summed E-state index contributed by atoms with van der Waals surface area (Å²) in [6, 6.07) is 5.74. The molecule has 1 saturated heterocycles. The number of hydrogen-bond donors (Lipinski definition) is 1. The molecule has 0 amide bonds. The van der Waals surface area contributed by atoms with Crippen LogP contribution in [-0.2, 0) is 10.0 Å². The van der Waals surface area contributed by atoms with Crippen molar-refractivity contribution in [3.05, 3.63) is 36.2 Å². The molecule has 1 unspecified atom stereocenters. The minimum atomic E-state index is -3.49. The first-order chi connectivity index (χ1) is 10.5. The Morgan fingerprint density at radius 3 is 2.83 bits per heavy atom. The molecule has 7 heteroatoms. The van der Waals surface area contributed by atoms with E-state index >= 15 is 0 Å². The van der Waals surface area contributed by atoms with Crippen molar-refractivity contribution in [2.24, 2.45) is 0 Å². The summed E-state index contributed by atoms with van der Waals surface area (Å²) in [6.07, 6.45) is 4.26. The van der Waals surface area contributed by atoms with Gasteiger partial charge in [0.05, 0.1) is 4.90 Å². The molecule has 3 rings (SSSR count).